The lowest BCUT2D eigenvalue weighted by Gasteiger charge is -2.33. The third-order valence-electron chi connectivity index (χ3n) is 6.88. The van der Waals surface area contributed by atoms with Crippen molar-refractivity contribution in [1.82, 2.24) is 24.8 Å². The van der Waals surface area contributed by atoms with E-state index < -0.39 is 52.7 Å². The Morgan fingerprint density at radius 3 is 2.59 bits per heavy atom. The number of hydrogen-bond donors (Lipinski definition) is 2. The molecule has 0 spiro atoms. The van der Waals surface area contributed by atoms with Crippen LogP contribution in [0.1, 0.15) is 36.6 Å². The number of halogens is 5. The molecule has 3 heterocycles. The van der Waals surface area contributed by atoms with Crippen molar-refractivity contribution in [3.8, 4) is 28.5 Å². The van der Waals surface area contributed by atoms with Gasteiger partial charge in [0.1, 0.15) is 11.5 Å². The number of aliphatic hydroxyl groups excluding tert-OH is 1. The number of alkyl halides is 3. The Bertz CT molecular complexity index is 1540. The highest BCUT2D eigenvalue weighted by molar-refractivity contribution is 5.67. The summed E-state index contributed by atoms with van der Waals surface area (Å²) >= 11 is 0. The van der Waals surface area contributed by atoms with Gasteiger partial charge in [-0.25, -0.2) is 13.5 Å². The van der Waals surface area contributed by atoms with Crippen LogP contribution in [0.2, 0.25) is 0 Å². The van der Waals surface area contributed by atoms with Gasteiger partial charge in [0.2, 0.25) is 5.82 Å². The van der Waals surface area contributed by atoms with Crippen LogP contribution in [0.15, 0.2) is 53.2 Å². The molecule has 2 aromatic heterocycles. The van der Waals surface area contributed by atoms with Crippen LogP contribution >= 0.6 is 0 Å². The Morgan fingerprint density at radius 2 is 1.90 bits per heavy atom. The summed E-state index contributed by atoms with van der Waals surface area (Å²) in [5.41, 5.74) is -1.59. The van der Waals surface area contributed by atoms with Gasteiger partial charge in [0.25, 0.3) is 5.89 Å². The first-order chi connectivity index (χ1) is 19.5. The quantitative estimate of drug-likeness (QED) is 0.278. The van der Waals surface area contributed by atoms with Crippen LogP contribution in [0.4, 0.5) is 22.0 Å². The summed E-state index contributed by atoms with van der Waals surface area (Å²) in [6, 6.07) is 8.53. The van der Waals surface area contributed by atoms with Gasteiger partial charge in [-0.15, -0.1) is 0 Å². The van der Waals surface area contributed by atoms with E-state index in [1.807, 2.05) is 4.90 Å². The van der Waals surface area contributed by atoms with Gasteiger partial charge in [-0.1, -0.05) is 29.4 Å². The van der Waals surface area contributed by atoms with Crippen molar-refractivity contribution in [3.63, 3.8) is 0 Å². The van der Waals surface area contributed by atoms with Gasteiger partial charge < -0.3 is 19.6 Å². The van der Waals surface area contributed by atoms with Crippen LogP contribution in [-0.4, -0.2) is 60.6 Å². The minimum Gasteiger partial charge on any atom is -0.481 e. The van der Waals surface area contributed by atoms with E-state index in [4.69, 9.17) is 9.63 Å². The maximum atomic E-state index is 14.3. The third kappa shape index (κ3) is 6.28. The van der Waals surface area contributed by atoms with Gasteiger partial charge in [-0.3, -0.25) is 4.79 Å². The number of likely N-dealkylation sites (tertiary alicyclic amines) is 1. The molecule has 2 aromatic carbocycles. The number of aliphatic carboxylic acids is 1. The maximum Gasteiger partial charge on any atom is 0.434 e. The van der Waals surface area contributed by atoms with Gasteiger partial charge in [-0.05, 0) is 43.0 Å². The predicted molar refractivity (Wildman–Crippen MR) is 134 cm³/mol. The Balaban J connectivity index is 1.34. The van der Waals surface area contributed by atoms with Gasteiger partial charge >= 0.3 is 12.1 Å². The average molecular weight is 578 g/mol. The summed E-state index contributed by atoms with van der Waals surface area (Å²) in [6.07, 6.45) is -3.28. The van der Waals surface area contributed by atoms with Crippen molar-refractivity contribution in [1.29, 1.82) is 0 Å². The predicted octanol–water partition coefficient (Wildman–Crippen LogP) is 5.11. The number of nitrogens with zero attached hydrogens (tertiary/aromatic N) is 5. The SMILES string of the molecule is O=C(O)C[C@H]1CCCN(C[C@@H](O)c2ccc(-c3noc(-c4cnn(-c5ccc(F)cc5F)c4C(F)(F)F)n3)cc2)C1. The van der Waals surface area contributed by atoms with Crippen molar-refractivity contribution in [3.05, 3.63) is 71.6 Å². The lowest BCUT2D eigenvalue weighted by atomic mass is 9.94. The van der Waals surface area contributed by atoms with E-state index >= 15 is 0 Å². The fraction of sp³-hybridized carbons (Fsp3) is 0.333. The van der Waals surface area contributed by atoms with Crippen molar-refractivity contribution in [2.24, 2.45) is 5.92 Å². The molecule has 0 radical (unpaired) electrons. The average Bonchev–Trinajstić information content (AvgIpc) is 3.56. The normalized spacial score (nSPS) is 17.1. The molecule has 5 rings (SSSR count). The largest absolute Gasteiger partial charge is 0.481 e. The first-order valence-corrected chi connectivity index (χ1v) is 12.7. The molecule has 1 saturated heterocycles. The Kier molecular flexibility index (Phi) is 7.87. The zero-order valence-electron chi connectivity index (χ0n) is 21.4. The molecule has 0 aliphatic carbocycles. The number of aromatic nitrogens is 4. The minimum absolute atomic E-state index is 0.0255. The second kappa shape index (κ2) is 11.4. The van der Waals surface area contributed by atoms with Crippen LogP contribution < -0.4 is 0 Å². The van der Waals surface area contributed by atoms with E-state index in [0.29, 0.717) is 35.0 Å². The van der Waals surface area contributed by atoms with Crippen molar-refractivity contribution >= 4 is 5.97 Å². The Morgan fingerprint density at radius 1 is 1.15 bits per heavy atom. The fourth-order valence-corrected chi connectivity index (χ4v) is 5.00. The second-order valence-corrected chi connectivity index (χ2v) is 9.84. The molecule has 0 bridgehead atoms. The molecule has 1 aliphatic rings. The van der Waals surface area contributed by atoms with Crippen molar-refractivity contribution in [2.75, 3.05) is 19.6 Å². The summed E-state index contributed by atoms with van der Waals surface area (Å²) < 4.78 is 75.0. The molecule has 0 amide bonds. The highest BCUT2D eigenvalue weighted by atomic mass is 19.4. The maximum absolute atomic E-state index is 14.3. The highest BCUT2D eigenvalue weighted by Crippen LogP contribution is 2.39. The molecule has 0 saturated carbocycles. The topological polar surface area (TPSA) is 118 Å². The molecule has 1 aliphatic heterocycles. The van der Waals surface area contributed by atoms with E-state index in [1.54, 1.807) is 24.3 Å². The molecule has 41 heavy (non-hydrogen) atoms. The zero-order valence-corrected chi connectivity index (χ0v) is 21.4. The molecule has 14 heteroatoms. The molecule has 9 nitrogen and oxygen atoms in total. The summed E-state index contributed by atoms with van der Waals surface area (Å²) in [5.74, 6) is -3.54. The van der Waals surface area contributed by atoms with Crippen LogP contribution in [-0.2, 0) is 11.0 Å². The summed E-state index contributed by atoms with van der Waals surface area (Å²) in [4.78, 5) is 17.1. The number of piperidine rings is 1. The number of benzene rings is 2. The summed E-state index contributed by atoms with van der Waals surface area (Å²) in [5, 5.41) is 27.2. The van der Waals surface area contributed by atoms with Gasteiger partial charge in [-0.2, -0.15) is 23.3 Å². The number of carbonyl (C=O) groups is 1. The van der Waals surface area contributed by atoms with Crippen LogP contribution in [0.25, 0.3) is 28.5 Å². The monoisotopic (exact) mass is 577 g/mol. The summed E-state index contributed by atoms with van der Waals surface area (Å²) in [7, 11) is 0. The van der Waals surface area contributed by atoms with Gasteiger partial charge in [0.15, 0.2) is 11.5 Å². The molecule has 4 aromatic rings. The van der Waals surface area contributed by atoms with Crippen LogP contribution in [0.5, 0.6) is 0 Å². The molecule has 0 unspecified atom stereocenters. The Hall–Kier alpha value is -4.17. The number of β-amino-alcohol motifs (C(OH)–C–C–N with tert-alkyl or cyclic N) is 1. The van der Waals surface area contributed by atoms with Gasteiger partial charge in [0.05, 0.1) is 17.9 Å². The standard InChI is InChI=1S/C27H24F5N5O4/c28-18-7-8-21(20(29)11-18)37-24(27(30,31)32)19(12-33-37)26-34-25(35-41-26)17-5-3-16(4-6-17)22(38)14-36-9-1-2-15(13-36)10-23(39)40/h3-8,11-12,15,22,38H,1-2,9-10,13-14H2,(H,39,40)/t15-,22-/m1/s1. The van der Waals surface area contributed by atoms with Gasteiger partial charge in [0, 0.05) is 31.1 Å². The number of carboxylic acids is 1. The molecule has 216 valence electrons. The van der Waals surface area contributed by atoms with E-state index in [0.717, 1.165) is 37.7 Å². The smallest absolute Gasteiger partial charge is 0.434 e. The van der Waals surface area contributed by atoms with E-state index in [1.165, 1.54) is 0 Å². The fourth-order valence-electron chi connectivity index (χ4n) is 5.00. The number of hydrogen-bond acceptors (Lipinski definition) is 7. The zero-order chi connectivity index (χ0) is 29.3. The lowest BCUT2D eigenvalue weighted by molar-refractivity contribution is -0.142. The molecule has 2 N–H and O–H groups in total. The number of aliphatic hydroxyl groups is 1. The highest BCUT2D eigenvalue weighted by Gasteiger charge is 2.41. The molecular weight excluding hydrogens is 553 g/mol. The van der Waals surface area contributed by atoms with Crippen molar-refractivity contribution in [2.45, 2.75) is 31.5 Å². The summed E-state index contributed by atoms with van der Waals surface area (Å²) in [6.45, 7) is 1.65. The van der Waals surface area contributed by atoms with Crippen LogP contribution in [0, 0.1) is 17.6 Å². The number of carboxylic acid groups (broad SMARTS) is 1. The molecule has 2 atom stereocenters. The molecule has 1 fully saturated rings. The molecular formula is C27H24F5N5O4. The Labute approximate surface area is 229 Å². The number of rotatable bonds is 8. The van der Waals surface area contributed by atoms with Crippen LogP contribution in [0.3, 0.4) is 0 Å². The van der Waals surface area contributed by atoms with E-state index in [-0.39, 0.29) is 18.2 Å². The third-order valence-corrected chi connectivity index (χ3v) is 6.88. The van der Waals surface area contributed by atoms with E-state index in [2.05, 4.69) is 15.2 Å². The second-order valence-electron chi connectivity index (χ2n) is 9.84. The van der Waals surface area contributed by atoms with E-state index in [9.17, 15) is 31.9 Å². The lowest BCUT2D eigenvalue weighted by Crippen LogP contribution is -2.38. The first-order valence-electron chi connectivity index (χ1n) is 12.7. The minimum atomic E-state index is -5.00. The first kappa shape index (κ1) is 28.4. The van der Waals surface area contributed by atoms with Crippen molar-refractivity contribution < 1.29 is 41.5 Å².